The summed E-state index contributed by atoms with van der Waals surface area (Å²) in [7, 11) is 0. The number of amides is 2. The molecule has 186 valence electrons. The second-order valence-electron chi connectivity index (χ2n) is 9.55. The maximum Gasteiger partial charge on any atom is 0.407 e. The smallest absolute Gasteiger partial charge is 0.407 e. The van der Waals surface area contributed by atoms with E-state index in [1.54, 1.807) is 0 Å². The summed E-state index contributed by atoms with van der Waals surface area (Å²) in [6, 6.07) is 14.7. The first-order valence-corrected chi connectivity index (χ1v) is 12.1. The van der Waals surface area contributed by atoms with Crippen LogP contribution in [0.4, 0.5) is 4.79 Å². The van der Waals surface area contributed by atoms with E-state index in [0.717, 1.165) is 41.5 Å². The highest BCUT2D eigenvalue weighted by Crippen LogP contribution is 2.44. The molecule has 2 aromatic carbocycles. The monoisotopic (exact) mass is 480 g/mol. The summed E-state index contributed by atoms with van der Waals surface area (Å²) in [5.41, 5.74) is 3.57. The largest absolute Gasteiger partial charge is 0.480 e. The van der Waals surface area contributed by atoms with Gasteiger partial charge in [-0.15, -0.1) is 0 Å². The lowest BCUT2D eigenvalue weighted by atomic mass is 9.73. The zero-order valence-corrected chi connectivity index (χ0v) is 19.8. The van der Waals surface area contributed by atoms with Gasteiger partial charge in [0.15, 0.2) is 6.04 Å². The lowest BCUT2D eigenvalue weighted by Gasteiger charge is -2.37. The van der Waals surface area contributed by atoms with Crippen molar-refractivity contribution in [3.05, 3.63) is 59.7 Å². The van der Waals surface area contributed by atoms with Crippen molar-refractivity contribution in [2.24, 2.45) is 5.41 Å². The fraction of sp³-hybridized carbons (Fsp3) is 0.444. The molecule has 2 aromatic rings. The molecular formula is C27H32N2O6. The number of carbonyl (C=O) groups excluding carboxylic acids is 2. The Morgan fingerprint density at radius 2 is 1.57 bits per heavy atom. The van der Waals surface area contributed by atoms with Crippen LogP contribution in [0.2, 0.25) is 0 Å². The van der Waals surface area contributed by atoms with Crippen molar-refractivity contribution in [2.75, 3.05) is 13.2 Å². The lowest BCUT2D eigenvalue weighted by Crippen LogP contribution is -2.56. The molecule has 1 saturated carbocycles. The molecule has 2 atom stereocenters. The van der Waals surface area contributed by atoms with Crippen LogP contribution in [-0.4, -0.2) is 53.5 Å². The Hall–Kier alpha value is -3.39. The van der Waals surface area contributed by atoms with Crippen LogP contribution in [-0.2, 0) is 14.3 Å². The minimum atomic E-state index is -1.41. The minimum absolute atomic E-state index is 0.0433. The summed E-state index contributed by atoms with van der Waals surface area (Å²) < 4.78 is 5.60. The first-order chi connectivity index (χ1) is 16.8. The van der Waals surface area contributed by atoms with E-state index in [0.29, 0.717) is 12.8 Å². The van der Waals surface area contributed by atoms with Crippen LogP contribution in [0.3, 0.4) is 0 Å². The van der Waals surface area contributed by atoms with Gasteiger partial charge in [-0.05, 0) is 42.0 Å². The Bertz CT molecular complexity index is 1050. The maximum atomic E-state index is 13.1. The third kappa shape index (κ3) is 5.17. The Labute approximate surface area is 204 Å². The normalized spacial score (nSPS) is 18.0. The molecule has 2 aliphatic carbocycles. The number of hydrogen-bond donors (Lipinski definition) is 4. The molecule has 0 saturated heterocycles. The zero-order chi connectivity index (χ0) is 25.0. The molecule has 0 radical (unpaired) electrons. The second kappa shape index (κ2) is 10.5. The quantitative estimate of drug-likeness (QED) is 0.459. The molecule has 8 nitrogen and oxygen atoms in total. The van der Waals surface area contributed by atoms with Crippen molar-refractivity contribution in [1.82, 2.24) is 10.6 Å². The highest BCUT2D eigenvalue weighted by atomic mass is 16.5. The lowest BCUT2D eigenvalue weighted by molar-refractivity contribution is -0.147. The van der Waals surface area contributed by atoms with Gasteiger partial charge in [-0.3, -0.25) is 4.79 Å². The number of rotatable bonds is 8. The number of nitrogens with one attached hydrogen (secondary N) is 2. The number of carboxylic acids is 1. The van der Waals surface area contributed by atoms with E-state index in [1.165, 1.54) is 6.92 Å². The van der Waals surface area contributed by atoms with E-state index in [2.05, 4.69) is 22.8 Å². The Morgan fingerprint density at radius 1 is 1.00 bits per heavy atom. The average Bonchev–Trinajstić information content (AvgIpc) is 3.18. The van der Waals surface area contributed by atoms with E-state index in [-0.39, 0.29) is 19.1 Å². The van der Waals surface area contributed by atoms with Crippen LogP contribution in [0.1, 0.15) is 56.1 Å². The Morgan fingerprint density at radius 3 is 2.11 bits per heavy atom. The van der Waals surface area contributed by atoms with E-state index in [4.69, 9.17) is 4.74 Å². The van der Waals surface area contributed by atoms with E-state index in [1.807, 2.05) is 36.4 Å². The summed E-state index contributed by atoms with van der Waals surface area (Å²) in [5, 5.41) is 24.3. The van der Waals surface area contributed by atoms with Gasteiger partial charge < -0.3 is 25.6 Å². The van der Waals surface area contributed by atoms with Crippen LogP contribution in [0.15, 0.2) is 48.5 Å². The fourth-order valence-corrected chi connectivity index (χ4v) is 5.29. The number of fused-ring (bicyclic) bond motifs is 3. The summed E-state index contributed by atoms with van der Waals surface area (Å²) in [4.78, 5) is 37.2. The molecule has 0 unspecified atom stereocenters. The topological polar surface area (TPSA) is 125 Å². The number of aliphatic carboxylic acids is 1. The van der Waals surface area contributed by atoms with Crippen molar-refractivity contribution < 1.29 is 29.3 Å². The fourth-order valence-electron chi connectivity index (χ4n) is 5.29. The molecule has 2 aliphatic rings. The first kappa shape index (κ1) is 24.7. The third-order valence-corrected chi connectivity index (χ3v) is 7.24. The summed E-state index contributed by atoms with van der Waals surface area (Å²) >= 11 is 0. The van der Waals surface area contributed by atoms with Gasteiger partial charge in [0.05, 0.1) is 11.5 Å². The van der Waals surface area contributed by atoms with Crippen molar-refractivity contribution in [2.45, 2.75) is 57.1 Å². The van der Waals surface area contributed by atoms with Gasteiger partial charge in [-0.25, -0.2) is 9.59 Å². The molecule has 0 aromatic heterocycles. The van der Waals surface area contributed by atoms with E-state index < -0.39 is 35.5 Å². The van der Waals surface area contributed by atoms with Crippen LogP contribution >= 0.6 is 0 Å². The minimum Gasteiger partial charge on any atom is -0.480 e. The van der Waals surface area contributed by atoms with Gasteiger partial charge in [-0.1, -0.05) is 67.8 Å². The number of hydrogen-bond acceptors (Lipinski definition) is 5. The highest BCUT2D eigenvalue weighted by Gasteiger charge is 2.42. The standard InChI is InChI=1S/C27H32N2O6/c1-17(30)23(24(31)32)29-25(33)27(13-7-2-8-14-27)16-28-26(34)35-15-22-20-11-5-3-9-18(20)19-10-4-6-12-21(19)22/h3-6,9-12,17,22-23,30H,2,7-8,13-16H2,1H3,(H,28,34)(H,29,33)(H,31,32)/t17-,23+/m1/s1. The highest BCUT2D eigenvalue weighted by molar-refractivity contribution is 5.88. The van der Waals surface area contributed by atoms with Gasteiger partial charge >= 0.3 is 12.1 Å². The number of carbonyl (C=O) groups is 3. The van der Waals surface area contributed by atoms with Crippen molar-refractivity contribution in [3.8, 4) is 11.1 Å². The van der Waals surface area contributed by atoms with Crippen molar-refractivity contribution >= 4 is 18.0 Å². The van der Waals surface area contributed by atoms with Gasteiger partial charge in [-0.2, -0.15) is 0 Å². The molecule has 0 heterocycles. The van der Waals surface area contributed by atoms with Crippen LogP contribution < -0.4 is 10.6 Å². The van der Waals surface area contributed by atoms with Crippen molar-refractivity contribution in [3.63, 3.8) is 0 Å². The summed E-state index contributed by atoms with van der Waals surface area (Å²) in [6.07, 6.45) is 1.75. The van der Waals surface area contributed by atoms with Crippen molar-refractivity contribution in [1.29, 1.82) is 0 Å². The molecule has 0 bridgehead atoms. The number of carboxylic acid groups (broad SMARTS) is 1. The van der Waals surface area contributed by atoms with Crippen LogP contribution in [0, 0.1) is 5.41 Å². The van der Waals surface area contributed by atoms with Crippen LogP contribution in [0.5, 0.6) is 0 Å². The van der Waals surface area contributed by atoms with Gasteiger partial charge in [0.2, 0.25) is 5.91 Å². The number of aliphatic hydroxyl groups excluding tert-OH is 1. The predicted molar refractivity (Wildman–Crippen MR) is 130 cm³/mol. The number of alkyl carbamates (subject to hydrolysis) is 1. The first-order valence-electron chi connectivity index (χ1n) is 12.1. The molecule has 4 rings (SSSR count). The predicted octanol–water partition coefficient (Wildman–Crippen LogP) is 3.43. The maximum absolute atomic E-state index is 13.1. The molecule has 0 aliphatic heterocycles. The molecule has 4 N–H and O–H groups in total. The SMILES string of the molecule is C[C@@H](O)[C@H](NC(=O)C1(CNC(=O)OCC2c3ccccc3-c3ccccc32)CCCCC1)C(=O)O. The molecule has 8 heteroatoms. The summed E-state index contributed by atoms with van der Waals surface area (Å²) in [5.74, 6) is -1.84. The Balaban J connectivity index is 1.40. The Kier molecular flexibility index (Phi) is 7.40. The van der Waals surface area contributed by atoms with Gasteiger partial charge in [0.25, 0.3) is 0 Å². The zero-order valence-electron chi connectivity index (χ0n) is 19.8. The summed E-state index contributed by atoms with van der Waals surface area (Å²) in [6.45, 7) is 1.53. The van der Waals surface area contributed by atoms with Gasteiger partial charge in [0.1, 0.15) is 6.61 Å². The van der Waals surface area contributed by atoms with Crippen LogP contribution in [0.25, 0.3) is 11.1 Å². The molecule has 1 fully saturated rings. The molecule has 35 heavy (non-hydrogen) atoms. The van der Waals surface area contributed by atoms with E-state index >= 15 is 0 Å². The molecular weight excluding hydrogens is 448 g/mol. The average molecular weight is 481 g/mol. The number of ether oxygens (including phenoxy) is 1. The van der Waals surface area contributed by atoms with Gasteiger partial charge in [0, 0.05) is 12.5 Å². The number of benzene rings is 2. The number of aliphatic hydroxyl groups is 1. The molecule has 0 spiro atoms. The third-order valence-electron chi connectivity index (χ3n) is 7.24. The molecule has 2 amide bonds. The second-order valence-corrected chi connectivity index (χ2v) is 9.55. The van der Waals surface area contributed by atoms with E-state index in [9.17, 15) is 24.6 Å².